The highest BCUT2D eigenvalue weighted by atomic mass is 32.2. The SMILES string of the molecule is CCSc1nc2c(F)cccc2c(=O)n1NC(=O)Cc1ccccc1. The van der Waals surface area contributed by atoms with Crippen molar-refractivity contribution in [2.45, 2.75) is 18.5 Å². The molecular weight excluding hydrogens is 341 g/mol. The van der Waals surface area contributed by atoms with Gasteiger partial charge in [-0.15, -0.1) is 0 Å². The Labute approximate surface area is 147 Å². The van der Waals surface area contributed by atoms with Crippen molar-refractivity contribution in [1.82, 2.24) is 9.66 Å². The molecule has 0 radical (unpaired) electrons. The number of hydrogen-bond donors (Lipinski definition) is 1. The molecule has 1 amide bonds. The Hall–Kier alpha value is -2.67. The minimum absolute atomic E-state index is 0.0111. The lowest BCUT2D eigenvalue weighted by atomic mass is 10.1. The van der Waals surface area contributed by atoms with Crippen LogP contribution < -0.4 is 11.0 Å². The Kier molecular flexibility index (Phi) is 5.14. The largest absolute Gasteiger partial charge is 0.281 e. The van der Waals surface area contributed by atoms with Gasteiger partial charge in [-0.25, -0.2) is 9.37 Å². The summed E-state index contributed by atoms with van der Waals surface area (Å²) in [7, 11) is 0. The lowest BCUT2D eigenvalue weighted by Gasteiger charge is -2.13. The first-order valence-corrected chi connectivity index (χ1v) is 8.76. The van der Waals surface area contributed by atoms with Crippen LogP contribution in [0.4, 0.5) is 4.39 Å². The van der Waals surface area contributed by atoms with Crippen LogP contribution in [0.15, 0.2) is 58.5 Å². The predicted molar refractivity (Wildman–Crippen MR) is 96.9 cm³/mol. The average Bonchev–Trinajstić information content (AvgIpc) is 2.60. The van der Waals surface area contributed by atoms with Gasteiger partial charge in [0.25, 0.3) is 5.56 Å². The maximum absolute atomic E-state index is 14.0. The molecule has 0 saturated heterocycles. The van der Waals surface area contributed by atoms with Crippen molar-refractivity contribution in [3.8, 4) is 0 Å². The number of aromatic nitrogens is 2. The molecule has 3 aromatic rings. The highest BCUT2D eigenvalue weighted by Crippen LogP contribution is 2.18. The first-order chi connectivity index (χ1) is 12.1. The number of thioether (sulfide) groups is 1. The first kappa shape index (κ1) is 17.2. The van der Waals surface area contributed by atoms with Crippen LogP contribution in [0.25, 0.3) is 10.9 Å². The quantitative estimate of drug-likeness (QED) is 0.563. The zero-order valence-electron chi connectivity index (χ0n) is 13.5. The monoisotopic (exact) mass is 357 g/mol. The Balaban J connectivity index is 1.99. The molecule has 0 saturated carbocycles. The van der Waals surface area contributed by atoms with Crippen LogP contribution in [-0.2, 0) is 11.2 Å². The van der Waals surface area contributed by atoms with E-state index in [2.05, 4.69) is 10.4 Å². The third-order valence-electron chi connectivity index (χ3n) is 3.54. The number of benzene rings is 2. The summed E-state index contributed by atoms with van der Waals surface area (Å²) >= 11 is 1.26. The van der Waals surface area contributed by atoms with E-state index in [1.807, 2.05) is 37.3 Å². The van der Waals surface area contributed by atoms with E-state index in [0.717, 1.165) is 10.2 Å². The fraction of sp³-hybridized carbons (Fsp3) is 0.167. The summed E-state index contributed by atoms with van der Waals surface area (Å²) < 4.78 is 15.1. The zero-order valence-corrected chi connectivity index (χ0v) is 14.3. The summed E-state index contributed by atoms with van der Waals surface area (Å²) in [6, 6.07) is 13.4. The van der Waals surface area contributed by atoms with Gasteiger partial charge in [0.15, 0.2) is 5.16 Å². The number of carbonyl (C=O) groups is 1. The maximum Gasteiger partial charge on any atom is 0.281 e. The van der Waals surface area contributed by atoms with Crippen LogP contribution in [0.2, 0.25) is 0 Å². The molecule has 0 unspecified atom stereocenters. The molecular formula is C18H16FN3O2S. The van der Waals surface area contributed by atoms with Gasteiger partial charge in [0.1, 0.15) is 11.3 Å². The van der Waals surface area contributed by atoms with E-state index < -0.39 is 11.4 Å². The van der Waals surface area contributed by atoms with Gasteiger partial charge < -0.3 is 0 Å². The second kappa shape index (κ2) is 7.48. The van der Waals surface area contributed by atoms with E-state index in [0.29, 0.717) is 5.75 Å². The molecule has 2 aromatic carbocycles. The third-order valence-corrected chi connectivity index (χ3v) is 4.36. The molecule has 0 spiro atoms. The lowest BCUT2D eigenvalue weighted by Crippen LogP contribution is -2.36. The lowest BCUT2D eigenvalue weighted by molar-refractivity contribution is -0.116. The van der Waals surface area contributed by atoms with Crippen molar-refractivity contribution in [3.63, 3.8) is 0 Å². The molecule has 7 heteroatoms. The molecule has 1 N–H and O–H groups in total. The third kappa shape index (κ3) is 3.71. The minimum atomic E-state index is -0.560. The van der Waals surface area contributed by atoms with Gasteiger partial charge in [0, 0.05) is 0 Å². The summed E-state index contributed by atoms with van der Waals surface area (Å²) in [6.45, 7) is 1.89. The standard InChI is InChI=1S/C18H16FN3O2S/c1-2-25-18-20-16-13(9-6-10-14(16)19)17(24)22(18)21-15(23)11-12-7-4-3-5-8-12/h3-10H,2,11H2,1H3,(H,21,23). The Morgan fingerprint density at radius 2 is 1.96 bits per heavy atom. The van der Waals surface area contributed by atoms with E-state index in [1.54, 1.807) is 0 Å². The van der Waals surface area contributed by atoms with Crippen molar-refractivity contribution in [1.29, 1.82) is 0 Å². The molecule has 0 atom stereocenters. The van der Waals surface area contributed by atoms with Crippen LogP contribution in [0, 0.1) is 5.82 Å². The number of fused-ring (bicyclic) bond motifs is 1. The fourth-order valence-corrected chi connectivity index (χ4v) is 3.10. The molecule has 128 valence electrons. The number of para-hydroxylation sites is 1. The van der Waals surface area contributed by atoms with E-state index >= 15 is 0 Å². The number of amides is 1. The second-order valence-electron chi connectivity index (χ2n) is 5.30. The minimum Gasteiger partial charge on any atom is -0.273 e. The van der Waals surface area contributed by atoms with Gasteiger partial charge in [-0.2, -0.15) is 4.68 Å². The van der Waals surface area contributed by atoms with Gasteiger partial charge in [0.2, 0.25) is 5.91 Å². The van der Waals surface area contributed by atoms with Crippen LogP contribution in [-0.4, -0.2) is 21.3 Å². The highest BCUT2D eigenvalue weighted by Gasteiger charge is 2.15. The van der Waals surface area contributed by atoms with Crippen molar-refractivity contribution < 1.29 is 9.18 Å². The number of halogens is 1. The van der Waals surface area contributed by atoms with E-state index in [9.17, 15) is 14.0 Å². The second-order valence-corrected chi connectivity index (χ2v) is 6.53. The molecule has 5 nitrogen and oxygen atoms in total. The van der Waals surface area contributed by atoms with Gasteiger partial charge in [-0.1, -0.05) is 55.1 Å². The summed E-state index contributed by atoms with van der Waals surface area (Å²) in [5.41, 5.74) is 2.93. The Morgan fingerprint density at radius 3 is 2.68 bits per heavy atom. The van der Waals surface area contributed by atoms with E-state index in [1.165, 1.54) is 30.0 Å². The first-order valence-electron chi connectivity index (χ1n) is 7.78. The van der Waals surface area contributed by atoms with Gasteiger partial charge >= 0.3 is 0 Å². The summed E-state index contributed by atoms with van der Waals surface area (Å²) in [4.78, 5) is 29.2. The Bertz CT molecular complexity index is 973. The molecule has 0 aliphatic rings. The van der Waals surface area contributed by atoms with Crippen molar-refractivity contribution in [2.75, 3.05) is 11.2 Å². The molecule has 1 heterocycles. The van der Waals surface area contributed by atoms with Crippen molar-refractivity contribution in [2.24, 2.45) is 0 Å². The molecule has 1 aromatic heterocycles. The van der Waals surface area contributed by atoms with Crippen LogP contribution >= 0.6 is 11.8 Å². The summed E-state index contributed by atoms with van der Waals surface area (Å²) in [5, 5.41) is 0.381. The molecule has 3 rings (SSSR count). The van der Waals surface area contributed by atoms with Crippen LogP contribution in [0.3, 0.4) is 0 Å². The summed E-state index contributed by atoms with van der Waals surface area (Å²) in [5.74, 6) is -0.278. The maximum atomic E-state index is 14.0. The van der Waals surface area contributed by atoms with Gasteiger partial charge in [0.05, 0.1) is 11.8 Å². The van der Waals surface area contributed by atoms with E-state index in [4.69, 9.17) is 0 Å². The van der Waals surface area contributed by atoms with Crippen molar-refractivity contribution in [3.05, 3.63) is 70.3 Å². The smallest absolute Gasteiger partial charge is 0.273 e. The number of rotatable bonds is 5. The number of carbonyl (C=O) groups excluding carboxylic acids is 1. The van der Waals surface area contributed by atoms with Crippen LogP contribution in [0.5, 0.6) is 0 Å². The summed E-state index contributed by atoms with van der Waals surface area (Å²) in [6.07, 6.45) is 0.130. The number of nitrogens with one attached hydrogen (secondary N) is 1. The molecule has 0 aliphatic carbocycles. The molecule has 25 heavy (non-hydrogen) atoms. The topological polar surface area (TPSA) is 64.0 Å². The number of hydrogen-bond acceptors (Lipinski definition) is 4. The predicted octanol–water partition coefficient (Wildman–Crippen LogP) is 2.96. The van der Waals surface area contributed by atoms with Crippen molar-refractivity contribution >= 4 is 28.6 Å². The van der Waals surface area contributed by atoms with Gasteiger partial charge in [-0.05, 0) is 23.4 Å². The molecule has 0 aliphatic heterocycles. The van der Waals surface area contributed by atoms with E-state index in [-0.39, 0.29) is 28.4 Å². The van der Waals surface area contributed by atoms with Gasteiger partial charge in [-0.3, -0.25) is 15.0 Å². The normalized spacial score (nSPS) is 10.8. The molecule has 0 bridgehead atoms. The molecule has 0 fully saturated rings. The van der Waals surface area contributed by atoms with Crippen LogP contribution in [0.1, 0.15) is 12.5 Å². The average molecular weight is 357 g/mol. The Morgan fingerprint density at radius 1 is 1.20 bits per heavy atom. The highest BCUT2D eigenvalue weighted by molar-refractivity contribution is 7.99. The fourth-order valence-electron chi connectivity index (χ4n) is 2.42. The number of nitrogens with zero attached hydrogens (tertiary/aromatic N) is 2. The zero-order chi connectivity index (χ0) is 17.8.